The number of halogens is 1. The van der Waals surface area contributed by atoms with Crippen molar-refractivity contribution in [2.45, 2.75) is 6.54 Å². The SMILES string of the molecule is Nc1cn2ccnc2c(NCc2ccc(Br)s2)n1. The summed E-state index contributed by atoms with van der Waals surface area (Å²) in [5, 5.41) is 3.26. The van der Waals surface area contributed by atoms with Crippen molar-refractivity contribution in [2.24, 2.45) is 0 Å². The zero-order chi connectivity index (χ0) is 12.5. The van der Waals surface area contributed by atoms with Crippen molar-refractivity contribution in [1.29, 1.82) is 0 Å². The van der Waals surface area contributed by atoms with Crippen LogP contribution in [-0.4, -0.2) is 14.4 Å². The third-order valence-electron chi connectivity index (χ3n) is 2.45. The number of hydrogen-bond acceptors (Lipinski definition) is 5. The predicted octanol–water partition coefficient (Wildman–Crippen LogP) is 2.75. The summed E-state index contributed by atoms with van der Waals surface area (Å²) in [4.78, 5) is 9.74. The number of fused-ring (bicyclic) bond motifs is 1. The van der Waals surface area contributed by atoms with E-state index in [0.29, 0.717) is 18.2 Å². The van der Waals surface area contributed by atoms with E-state index < -0.39 is 0 Å². The van der Waals surface area contributed by atoms with E-state index in [1.807, 2.05) is 16.7 Å². The molecule has 3 aromatic rings. The fourth-order valence-electron chi connectivity index (χ4n) is 1.69. The molecule has 0 aliphatic carbocycles. The van der Waals surface area contributed by atoms with Crippen LogP contribution in [0, 0.1) is 0 Å². The molecule has 0 amide bonds. The molecular formula is C11H10BrN5S. The maximum absolute atomic E-state index is 5.75. The Morgan fingerprint density at radius 3 is 3.11 bits per heavy atom. The molecule has 3 heterocycles. The summed E-state index contributed by atoms with van der Waals surface area (Å²) in [6.07, 6.45) is 5.32. The molecule has 0 radical (unpaired) electrons. The van der Waals surface area contributed by atoms with Crippen molar-refractivity contribution >= 4 is 44.5 Å². The van der Waals surface area contributed by atoms with Crippen LogP contribution in [0.15, 0.2) is 34.5 Å². The molecule has 7 heteroatoms. The summed E-state index contributed by atoms with van der Waals surface area (Å²) < 4.78 is 2.97. The molecule has 92 valence electrons. The predicted molar refractivity (Wildman–Crippen MR) is 76.7 cm³/mol. The fourth-order valence-corrected chi connectivity index (χ4v) is 3.11. The number of nitrogens with zero attached hydrogens (tertiary/aromatic N) is 3. The molecule has 0 unspecified atom stereocenters. The van der Waals surface area contributed by atoms with Crippen molar-refractivity contribution in [3.8, 4) is 0 Å². The molecule has 0 bridgehead atoms. The van der Waals surface area contributed by atoms with Gasteiger partial charge in [0.1, 0.15) is 5.82 Å². The molecule has 3 rings (SSSR count). The minimum absolute atomic E-state index is 0.468. The molecule has 0 saturated heterocycles. The van der Waals surface area contributed by atoms with E-state index >= 15 is 0 Å². The van der Waals surface area contributed by atoms with Gasteiger partial charge in [0, 0.05) is 17.3 Å². The minimum Gasteiger partial charge on any atom is -0.382 e. The topological polar surface area (TPSA) is 68.2 Å². The van der Waals surface area contributed by atoms with Gasteiger partial charge in [-0.1, -0.05) is 0 Å². The van der Waals surface area contributed by atoms with E-state index in [4.69, 9.17) is 5.73 Å². The number of thiophene rings is 1. The summed E-state index contributed by atoms with van der Waals surface area (Å²) in [6, 6.07) is 4.09. The first-order valence-electron chi connectivity index (χ1n) is 5.29. The van der Waals surface area contributed by atoms with Gasteiger partial charge in [-0.25, -0.2) is 9.97 Å². The van der Waals surface area contributed by atoms with E-state index in [9.17, 15) is 0 Å². The molecule has 5 nitrogen and oxygen atoms in total. The second-order valence-electron chi connectivity index (χ2n) is 3.73. The summed E-state index contributed by atoms with van der Waals surface area (Å²) >= 11 is 5.13. The summed E-state index contributed by atoms with van der Waals surface area (Å²) in [5.74, 6) is 1.17. The normalized spacial score (nSPS) is 10.9. The van der Waals surface area contributed by atoms with Gasteiger partial charge < -0.3 is 15.5 Å². The van der Waals surface area contributed by atoms with Crippen LogP contribution < -0.4 is 11.1 Å². The van der Waals surface area contributed by atoms with Gasteiger partial charge in [-0.15, -0.1) is 11.3 Å². The highest BCUT2D eigenvalue weighted by molar-refractivity contribution is 9.11. The first-order chi connectivity index (χ1) is 8.72. The zero-order valence-electron chi connectivity index (χ0n) is 9.30. The fraction of sp³-hybridized carbons (Fsp3) is 0.0909. The molecule has 3 N–H and O–H groups in total. The second-order valence-corrected chi connectivity index (χ2v) is 6.28. The average molecular weight is 324 g/mol. The van der Waals surface area contributed by atoms with Crippen LogP contribution in [0.3, 0.4) is 0 Å². The Bertz CT molecular complexity index is 690. The molecular weight excluding hydrogens is 314 g/mol. The quantitative estimate of drug-likeness (QED) is 0.777. The number of nitrogens with two attached hydrogens (primary N) is 1. The zero-order valence-corrected chi connectivity index (χ0v) is 11.7. The van der Waals surface area contributed by atoms with E-state index in [1.165, 1.54) is 4.88 Å². The first-order valence-corrected chi connectivity index (χ1v) is 6.90. The van der Waals surface area contributed by atoms with Gasteiger partial charge in [0.05, 0.1) is 16.5 Å². The molecule has 18 heavy (non-hydrogen) atoms. The number of nitrogens with one attached hydrogen (secondary N) is 1. The summed E-state index contributed by atoms with van der Waals surface area (Å²) in [5.41, 5.74) is 6.53. The number of imidazole rings is 1. The van der Waals surface area contributed by atoms with Crippen molar-refractivity contribution in [3.05, 3.63) is 39.4 Å². The molecule has 0 aliphatic heterocycles. The lowest BCUT2D eigenvalue weighted by atomic mass is 10.4. The highest BCUT2D eigenvalue weighted by Gasteiger charge is 2.06. The summed E-state index contributed by atoms with van der Waals surface area (Å²) in [7, 11) is 0. The standard InChI is InChI=1S/C11H10BrN5S/c12-8-2-1-7(18-8)5-15-10-11-14-3-4-17(11)6-9(13)16-10/h1-4,6H,5,13H2,(H,15,16). The number of anilines is 2. The van der Waals surface area contributed by atoms with Crippen molar-refractivity contribution in [1.82, 2.24) is 14.4 Å². The molecule has 0 fully saturated rings. The van der Waals surface area contributed by atoms with E-state index in [-0.39, 0.29) is 0 Å². The Kier molecular flexibility index (Phi) is 2.92. The van der Waals surface area contributed by atoms with Gasteiger partial charge in [-0.3, -0.25) is 0 Å². The molecule has 0 aliphatic rings. The van der Waals surface area contributed by atoms with Crippen molar-refractivity contribution in [2.75, 3.05) is 11.1 Å². The Balaban J connectivity index is 1.87. The number of aromatic nitrogens is 3. The van der Waals surface area contributed by atoms with Gasteiger partial charge in [-0.2, -0.15) is 0 Å². The van der Waals surface area contributed by atoms with Gasteiger partial charge in [0.25, 0.3) is 0 Å². The maximum atomic E-state index is 5.75. The Hall–Kier alpha value is -1.60. The van der Waals surface area contributed by atoms with E-state index in [1.54, 1.807) is 23.7 Å². The monoisotopic (exact) mass is 323 g/mol. The van der Waals surface area contributed by atoms with Gasteiger partial charge in [0.2, 0.25) is 0 Å². The van der Waals surface area contributed by atoms with Gasteiger partial charge >= 0.3 is 0 Å². The third-order valence-corrected chi connectivity index (χ3v) is 4.08. The van der Waals surface area contributed by atoms with Gasteiger partial charge in [0.15, 0.2) is 11.5 Å². The van der Waals surface area contributed by atoms with Crippen LogP contribution >= 0.6 is 27.3 Å². The molecule has 3 aromatic heterocycles. The number of nitrogen functional groups attached to an aromatic ring is 1. The third kappa shape index (κ3) is 2.19. The lowest BCUT2D eigenvalue weighted by Crippen LogP contribution is -2.05. The van der Waals surface area contributed by atoms with Crippen LogP contribution in [0.1, 0.15) is 4.88 Å². The average Bonchev–Trinajstić information content (AvgIpc) is 2.94. The van der Waals surface area contributed by atoms with Crippen molar-refractivity contribution < 1.29 is 0 Å². The Morgan fingerprint density at radius 1 is 1.44 bits per heavy atom. The lowest BCUT2D eigenvalue weighted by Gasteiger charge is -2.06. The van der Waals surface area contributed by atoms with Crippen LogP contribution in [0.2, 0.25) is 0 Å². The highest BCUT2D eigenvalue weighted by Crippen LogP contribution is 2.23. The minimum atomic E-state index is 0.468. The van der Waals surface area contributed by atoms with E-state index in [0.717, 1.165) is 9.43 Å². The van der Waals surface area contributed by atoms with Crippen LogP contribution in [0.5, 0.6) is 0 Å². The molecule has 0 atom stereocenters. The number of rotatable bonds is 3. The van der Waals surface area contributed by atoms with Crippen molar-refractivity contribution in [3.63, 3.8) is 0 Å². The van der Waals surface area contributed by atoms with Crippen LogP contribution in [-0.2, 0) is 6.54 Å². The molecule has 0 aromatic carbocycles. The Morgan fingerprint density at radius 2 is 2.33 bits per heavy atom. The highest BCUT2D eigenvalue weighted by atomic mass is 79.9. The smallest absolute Gasteiger partial charge is 0.180 e. The maximum Gasteiger partial charge on any atom is 0.180 e. The first kappa shape index (κ1) is 11.5. The largest absolute Gasteiger partial charge is 0.382 e. The molecule has 0 spiro atoms. The van der Waals surface area contributed by atoms with E-state index in [2.05, 4.69) is 37.3 Å². The van der Waals surface area contributed by atoms with Crippen LogP contribution in [0.4, 0.5) is 11.6 Å². The van der Waals surface area contributed by atoms with Crippen LogP contribution in [0.25, 0.3) is 5.65 Å². The van der Waals surface area contributed by atoms with Gasteiger partial charge in [-0.05, 0) is 28.1 Å². The summed E-state index contributed by atoms with van der Waals surface area (Å²) in [6.45, 7) is 0.704. The second kappa shape index (κ2) is 4.58. The Labute approximate surface area is 116 Å². The molecule has 0 saturated carbocycles. The lowest BCUT2D eigenvalue weighted by molar-refractivity contribution is 1.09. The number of hydrogen-bond donors (Lipinski definition) is 2.